The highest BCUT2D eigenvalue weighted by Gasteiger charge is 2.35. The number of nitriles is 8. The molecule has 0 unspecified atom stereocenters. The van der Waals surface area contributed by atoms with Gasteiger partial charge in [-0.1, -0.05) is 78.9 Å². The van der Waals surface area contributed by atoms with Crippen LogP contribution in [0.15, 0.2) is 212 Å². The second-order valence-corrected chi connectivity index (χ2v) is 22.8. The molecule has 19 heteroatoms. The van der Waals surface area contributed by atoms with E-state index in [-0.39, 0.29) is 78.4 Å². The zero-order valence-corrected chi connectivity index (χ0v) is 50.3. The van der Waals surface area contributed by atoms with Gasteiger partial charge in [-0.15, -0.1) is 0 Å². The number of nitrogens with zero attached hydrogens (tertiary/aromatic N) is 13. The molecule has 0 amide bonds. The van der Waals surface area contributed by atoms with Crippen molar-refractivity contribution >= 4 is 43.6 Å². The number of benzene rings is 11. The zero-order chi connectivity index (χ0) is 68.3. The summed E-state index contributed by atoms with van der Waals surface area (Å²) in [5, 5.41) is 82.7. The number of hydrogen-bond acceptors (Lipinski definition) is 11. The normalized spacial score (nSPS) is 11.3. The predicted octanol–water partition coefficient (Wildman–Crippen LogP) is 18.7. The number of aromatic nitrogens is 5. The summed E-state index contributed by atoms with van der Waals surface area (Å²) in [5.41, 5.74) is 4.21. The molecule has 3 heterocycles. The lowest BCUT2D eigenvalue weighted by Gasteiger charge is -2.19. The van der Waals surface area contributed by atoms with Crippen molar-refractivity contribution in [1.29, 1.82) is 42.1 Å². The molecule has 0 atom stereocenters. The Kier molecular flexibility index (Phi) is 14.9. The van der Waals surface area contributed by atoms with E-state index in [1.807, 2.05) is 0 Å². The van der Waals surface area contributed by atoms with E-state index in [4.69, 9.17) is 15.0 Å². The molecule has 0 N–H and O–H groups in total. The minimum absolute atomic E-state index is 0.0298. The van der Waals surface area contributed by atoms with Crippen LogP contribution in [-0.2, 0) is 12.4 Å². The first-order valence-corrected chi connectivity index (χ1v) is 29.6. The summed E-state index contributed by atoms with van der Waals surface area (Å²) in [5.74, 6) is -1.02. The fourth-order valence-electron chi connectivity index (χ4n) is 12.5. The molecule has 0 saturated carbocycles. The maximum Gasteiger partial charge on any atom is 0.416 e. The van der Waals surface area contributed by atoms with E-state index in [1.54, 1.807) is 161 Å². The molecule has 98 heavy (non-hydrogen) atoms. The summed E-state index contributed by atoms with van der Waals surface area (Å²) >= 11 is 0. The van der Waals surface area contributed by atoms with Crippen LogP contribution in [0.1, 0.15) is 55.6 Å². The molecule has 0 aliphatic rings. The smallest absolute Gasteiger partial charge is 0.308 e. The molecular weight excluding hydrogens is 1240 g/mol. The van der Waals surface area contributed by atoms with E-state index in [0.717, 1.165) is 24.3 Å². The van der Waals surface area contributed by atoms with Gasteiger partial charge >= 0.3 is 12.4 Å². The van der Waals surface area contributed by atoms with Crippen molar-refractivity contribution in [3.05, 3.63) is 268 Å². The minimum atomic E-state index is -5.01. The average molecular weight is 1280 g/mol. The van der Waals surface area contributed by atoms with Crippen LogP contribution in [0, 0.1) is 90.6 Å². The predicted molar refractivity (Wildman–Crippen MR) is 354 cm³/mol. The van der Waals surface area contributed by atoms with E-state index < -0.39 is 35.1 Å². The fourth-order valence-corrected chi connectivity index (χ4v) is 12.5. The van der Waals surface area contributed by atoms with Gasteiger partial charge in [0.15, 0.2) is 17.5 Å². The van der Waals surface area contributed by atoms with Crippen molar-refractivity contribution in [2.75, 3.05) is 0 Å². The standard InChI is InChI=1S/C79H35F6N13/c80-78(81,82)61-10-16-69(97-71-30-53(57-22-44(36-86)18-45(23-57)37-87)6-12-63(71)64-13-7-54(31-72(64)97)58-24-46(38-88)19-47(25-58)39-89)67(34-61)76-94-75(52-4-2-1-3-5-52)95-77(96-76)68-35-62(79(83,84)85)11-17-70(68)98-73-32-55(59-26-48(40-90)20-49(27-59)41-91)8-14-65(73)66-15-9-56(33-74(66)98)60-28-50(42-92)21-51(29-60)43-93/h1-35H. The van der Waals surface area contributed by atoms with Gasteiger partial charge in [0.1, 0.15) is 0 Å². The third kappa shape index (κ3) is 11.0. The third-order valence-corrected chi connectivity index (χ3v) is 16.9. The van der Waals surface area contributed by atoms with Crippen LogP contribution >= 0.6 is 0 Å². The molecule has 14 aromatic rings. The van der Waals surface area contributed by atoms with Crippen LogP contribution in [0.2, 0.25) is 0 Å². The summed E-state index contributed by atoms with van der Waals surface area (Å²) in [6.07, 6.45) is -10.0. The zero-order valence-electron chi connectivity index (χ0n) is 50.3. The van der Waals surface area contributed by atoms with E-state index in [0.29, 0.717) is 88.1 Å². The van der Waals surface area contributed by atoms with Crippen LogP contribution in [0.4, 0.5) is 26.3 Å². The molecule has 0 aliphatic heterocycles. The summed E-state index contributed by atoms with van der Waals surface area (Å²) < 4.78 is 97.0. The molecular formula is C79H35F6N13. The molecule has 0 fully saturated rings. The Bertz CT molecular complexity index is 5410. The number of rotatable bonds is 9. The second-order valence-electron chi connectivity index (χ2n) is 22.8. The van der Waals surface area contributed by atoms with Crippen molar-refractivity contribution < 1.29 is 26.3 Å². The molecule has 458 valence electrons. The Balaban J connectivity index is 1.09. The SMILES string of the molecule is N#Cc1cc(C#N)cc(-c2ccc3c4ccc(-c5cc(C#N)cc(C#N)c5)cc4n(-c4ccc(C(F)(F)F)cc4-c4nc(-c5ccccc5)nc(-c5cc(C(F)(F)F)ccc5-n5c6cc(-c7cc(C#N)cc(C#N)c7)ccc6c6ccc(-c7cc(C#N)cc(C#N)c7)cc65)n4)c3c2)c1. The van der Waals surface area contributed by atoms with Gasteiger partial charge in [0.05, 0.1) is 138 Å². The lowest BCUT2D eigenvalue weighted by atomic mass is 9.98. The Morgan fingerprint density at radius 1 is 0.255 bits per heavy atom. The van der Waals surface area contributed by atoms with Gasteiger partial charge in [-0.3, -0.25) is 0 Å². The number of fused-ring (bicyclic) bond motifs is 6. The molecule has 0 aliphatic carbocycles. The van der Waals surface area contributed by atoms with Gasteiger partial charge in [-0.2, -0.15) is 68.4 Å². The highest BCUT2D eigenvalue weighted by atomic mass is 19.4. The van der Waals surface area contributed by atoms with E-state index in [9.17, 15) is 42.1 Å². The van der Waals surface area contributed by atoms with Crippen molar-refractivity contribution in [1.82, 2.24) is 24.1 Å². The van der Waals surface area contributed by atoms with E-state index >= 15 is 26.3 Å². The van der Waals surface area contributed by atoms with Crippen molar-refractivity contribution in [2.45, 2.75) is 12.4 Å². The first kappa shape index (κ1) is 61.1. The van der Waals surface area contributed by atoms with Gasteiger partial charge in [0, 0.05) is 38.2 Å². The number of hydrogen-bond donors (Lipinski definition) is 0. The van der Waals surface area contributed by atoms with Crippen molar-refractivity contribution in [2.24, 2.45) is 0 Å². The Labute approximate surface area is 552 Å². The van der Waals surface area contributed by atoms with E-state index in [2.05, 4.69) is 48.6 Å². The molecule has 11 aromatic carbocycles. The first-order valence-electron chi connectivity index (χ1n) is 29.6. The highest BCUT2D eigenvalue weighted by Crippen LogP contribution is 2.46. The van der Waals surface area contributed by atoms with Gasteiger partial charge in [0.25, 0.3) is 0 Å². The quantitative estimate of drug-likeness (QED) is 0.123. The van der Waals surface area contributed by atoms with Crippen LogP contribution in [0.3, 0.4) is 0 Å². The molecule has 0 saturated heterocycles. The number of alkyl halides is 6. The maximum atomic E-state index is 15.6. The van der Waals surface area contributed by atoms with Crippen LogP contribution in [0.25, 0.3) is 134 Å². The van der Waals surface area contributed by atoms with Gasteiger partial charge < -0.3 is 9.13 Å². The van der Waals surface area contributed by atoms with Crippen LogP contribution in [-0.4, -0.2) is 24.1 Å². The van der Waals surface area contributed by atoms with Crippen LogP contribution in [0.5, 0.6) is 0 Å². The van der Waals surface area contributed by atoms with E-state index in [1.165, 1.54) is 36.4 Å². The minimum Gasteiger partial charge on any atom is -0.308 e. The summed E-state index contributed by atoms with van der Waals surface area (Å²) in [6, 6.07) is 70.4. The highest BCUT2D eigenvalue weighted by molar-refractivity contribution is 6.13. The maximum absolute atomic E-state index is 15.6. The van der Waals surface area contributed by atoms with Gasteiger partial charge in [-0.05, 0) is 178 Å². The van der Waals surface area contributed by atoms with Crippen molar-refractivity contribution in [3.63, 3.8) is 0 Å². The molecule has 3 aromatic heterocycles. The number of halogens is 6. The topological polar surface area (TPSA) is 239 Å². The Morgan fingerprint density at radius 2 is 0.520 bits per heavy atom. The summed E-state index contributed by atoms with van der Waals surface area (Å²) in [7, 11) is 0. The third-order valence-electron chi connectivity index (χ3n) is 16.9. The van der Waals surface area contributed by atoms with Gasteiger partial charge in [0.2, 0.25) is 0 Å². The van der Waals surface area contributed by atoms with Crippen molar-refractivity contribution in [3.8, 4) is 139 Å². The molecule has 0 bridgehead atoms. The summed E-state index contributed by atoms with van der Waals surface area (Å²) in [4.78, 5) is 14.8. The molecule has 13 nitrogen and oxygen atoms in total. The molecule has 14 rings (SSSR count). The summed E-state index contributed by atoms with van der Waals surface area (Å²) in [6.45, 7) is 0. The lowest BCUT2D eigenvalue weighted by molar-refractivity contribution is -0.138. The Morgan fingerprint density at radius 3 is 0.776 bits per heavy atom. The largest absolute Gasteiger partial charge is 0.416 e. The molecule has 0 radical (unpaired) electrons. The average Bonchev–Trinajstić information content (AvgIpc) is 1.67. The second kappa shape index (κ2) is 23.9. The lowest BCUT2D eigenvalue weighted by Crippen LogP contribution is -2.10. The monoisotopic (exact) mass is 1280 g/mol. The Hall–Kier alpha value is -14.5. The van der Waals surface area contributed by atoms with Crippen LogP contribution < -0.4 is 0 Å². The van der Waals surface area contributed by atoms with Gasteiger partial charge in [-0.25, -0.2) is 15.0 Å². The fraction of sp³-hybridized carbons (Fsp3) is 0.0253. The first-order chi connectivity index (χ1) is 47.4. The molecule has 0 spiro atoms.